The molecule has 196 valence electrons. The maximum absolute atomic E-state index is 14.1. The molecule has 0 unspecified atom stereocenters. The molecule has 8 nitrogen and oxygen atoms in total. The maximum atomic E-state index is 14.1. The van der Waals surface area contributed by atoms with E-state index < -0.39 is 31.8 Å². The van der Waals surface area contributed by atoms with Crippen molar-refractivity contribution in [3.8, 4) is 0 Å². The molecule has 0 saturated carbocycles. The van der Waals surface area contributed by atoms with Gasteiger partial charge < -0.3 is 5.32 Å². The predicted molar refractivity (Wildman–Crippen MR) is 141 cm³/mol. The van der Waals surface area contributed by atoms with Gasteiger partial charge in [-0.15, -0.1) is 0 Å². The summed E-state index contributed by atoms with van der Waals surface area (Å²) in [5.41, 5.74) is 1.20. The van der Waals surface area contributed by atoms with Crippen LogP contribution in [0.25, 0.3) is 0 Å². The number of anilines is 2. The third kappa shape index (κ3) is 6.35. The Morgan fingerprint density at radius 3 is 2.11 bits per heavy atom. The number of halogens is 1. The molecule has 0 aliphatic carbocycles. The Hall–Kier alpha value is -3.28. The number of hydrogen-bond acceptors (Lipinski definition) is 5. The second-order valence-electron chi connectivity index (χ2n) is 8.85. The van der Waals surface area contributed by atoms with Crippen molar-refractivity contribution < 1.29 is 26.0 Å². The fraction of sp³-hybridized carbons (Fsp3) is 0.269. The van der Waals surface area contributed by atoms with E-state index in [0.29, 0.717) is 18.8 Å². The van der Waals surface area contributed by atoms with E-state index in [-0.39, 0.29) is 28.3 Å². The number of amides is 1. The Morgan fingerprint density at radius 2 is 1.51 bits per heavy atom. The van der Waals surface area contributed by atoms with Crippen molar-refractivity contribution in [1.82, 2.24) is 4.31 Å². The van der Waals surface area contributed by atoms with Crippen LogP contribution in [0.1, 0.15) is 35.2 Å². The highest BCUT2D eigenvalue weighted by atomic mass is 32.2. The van der Waals surface area contributed by atoms with E-state index in [0.717, 1.165) is 29.8 Å². The van der Waals surface area contributed by atoms with Crippen molar-refractivity contribution in [3.63, 3.8) is 0 Å². The summed E-state index contributed by atoms with van der Waals surface area (Å²) in [6.45, 7) is 0.825. The lowest BCUT2D eigenvalue weighted by Crippen LogP contribution is -2.35. The van der Waals surface area contributed by atoms with Crippen LogP contribution in [-0.4, -0.2) is 46.4 Å². The maximum Gasteiger partial charge on any atom is 0.255 e. The number of rotatable bonds is 8. The van der Waals surface area contributed by atoms with Crippen LogP contribution in [0.2, 0.25) is 0 Å². The molecule has 1 fully saturated rings. The molecule has 0 spiro atoms. The third-order valence-corrected chi connectivity index (χ3v) is 9.21. The van der Waals surface area contributed by atoms with Gasteiger partial charge in [-0.2, -0.15) is 4.31 Å². The number of sulfonamides is 2. The van der Waals surface area contributed by atoms with Crippen LogP contribution < -0.4 is 9.62 Å². The average molecular weight is 546 g/mol. The molecule has 0 radical (unpaired) electrons. The molecule has 4 rings (SSSR count). The summed E-state index contributed by atoms with van der Waals surface area (Å²) in [4.78, 5) is 12.9. The van der Waals surface area contributed by atoms with Crippen molar-refractivity contribution in [2.75, 3.05) is 29.0 Å². The Balaban J connectivity index is 1.46. The van der Waals surface area contributed by atoms with Crippen molar-refractivity contribution in [1.29, 1.82) is 0 Å². The molecule has 1 N–H and O–H groups in total. The van der Waals surface area contributed by atoms with Crippen LogP contribution in [0.15, 0.2) is 77.7 Å². The largest absolute Gasteiger partial charge is 0.322 e. The minimum Gasteiger partial charge on any atom is -0.322 e. The average Bonchev–Trinajstić information content (AvgIpc) is 2.88. The monoisotopic (exact) mass is 545 g/mol. The lowest BCUT2D eigenvalue weighted by Gasteiger charge is -2.25. The van der Waals surface area contributed by atoms with E-state index >= 15 is 0 Å². The summed E-state index contributed by atoms with van der Waals surface area (Å²) in [7, 11) is -7.29. The number of hydrogen-bond donors (Lipinski definition) is 1. The molecular weight excluding hydrogens is 517 g/mol. The van der Waals surface area contributed by atoms with Gasteiger partial charge in [0.25, 0.3) is 5.91 Å². The second kappa shape index (κ2) is 11.0. The number of nitrogens with zero attached hydrogens (tertiary/aromatic N) is 2. The fourth-order valence-corrected chi connectivity index (χ4v) is 6.52. The minimum atomic E-state index is -3.73. The van der Waals surface area contributed by atoms with Crippen molar-refractivity contribution in [2.45, 2.75) is 30.7 Å². The Labute approximate surface area is 216 Å². The zero-order chi connectivity index (χ0) is 26.6. The fourth-order valence-electron chi connectivity index (χ4n) is 4.13. The van der Waals surface area contributed by atoms with Crippen LogP contribution >= 0.6 is 0 Å². The van der Waals surface area contributed by atoms with E-state index in [2.05, 4.69) is 5.32 Å². The number of carbonyl (C=O) groups is 1. The first-order valence-electron chi connectivity index (χ1n) is 11.8. The molecule has 1 heterocycles. The van der Waals surface area contributed by atoms with Gasteiger partial charge in [0.1, 0.15) is 5.82 Å². The van der Waals surface area contributed by atoms with E-state index in [9.17, 15) is 26.0 Å². The topological polar surface area (TPSA) is 104 Å². The zero-order valence-corrected chi connectivity index (χ0v) is 21.9. The normalized spacial score (nSPS) is 14.8. The van der Waals surface area contributed by atoms with Gasteiger partial charge in [0.2, 0.25) is 20.0 Å². The molecule has 3 aromatic carbocycles. The smallest absolute Gasteiger partial charge is 0.255 e. The van der Waals surface area contributed by atoms with Crippen molar-refractivity contribution >= 4 is 37.3 Å². The highest BCUT2D eigenvalue weighted by Crippen LogP contribution is 2.24. The lowest BCUT2D eigenvalue weighted by molar-refractivity contribution is 0.102. The standard InChI is InChI=1S/C26H28FN3O5S2/c1-36(32,33)30(19-21-7-3-4-8-25(21)27)23-13-9-20(10-14-23)26(31)28-22-11-15-24(16-12-22)37(34,35)29-17-5-2-6-18-29/h3-4,7-16H,2,5-6,17-19H2,1H3,(H,28,31). The summed E-state index contributed by atoms with van der Waals surface area (Å²) >= 11 is 0. The van der Waals surface area contributed by atoms with Crippen molar-refractivity contribution in [2.24, 2.45) is 0 Å². The van der Waals surface area contributed by atoms with Gasteiger partial charge in [-0.3, -0.25) is 9.10 Å². The first kappa shape index (κ1) is 26.8. The van der Waals surface area contributed by atoms with Gasteiger partial charge in [-0.25, -0.2) is 21.2 Å². The van der Waals surface area contributed by atoms with E-state index in [1.165, 1.54) is 71.0 Å². The van der Waals surface area contributed by atoms with E-state index in [4.69, 9.17) is 0 Å². The van der Waals surface area contributed by atoms with Crippen LogP contribution in [0.4, 0.5) is 15.8 Å². The van der Waals surface area contributed by atoms with Gasteiger partial charge in [0, 0.05) is 29.9 Å². The minimum absolute atomic E-state index is 0.174. The molecule has 1 aliphatic rings. The van der Waals surface area contributed by atoms with E-state index in [1.54, 1.807) is 6.07 Å². The summed E-state index contributed by atoms with van der Waals surface area (Å²) in [5, 5.41) is 2.71. The molecule has 3 aromatic rings. The molecular formula is C26H28FN3O5S2. The molecule has 11 heteroatoms. The molecule has 1 aliphatic heterocycles. The molecule has 0 bridgehead atoms. The van der Waals surface area contributed by atoms with Gasteiger partial charge in [-0.1, -0.05) is 24.6 Å². The first-order chi connectivity index (χ1) is 17.6. The Kier molecular flexibility index (Phi) is 7.96. The number of piperidine rings is 1. The van der Waals surface area contributed by atoms with Crippen LogP contribution in [0.3, 0.4) is 0 Å². The lowest BCUT2D eigenvalue weighted by atomic mass is 10.1. The van der Waals surface area contributed by atoms with Crippen LogP contribution in [-0.2, 0) is 26.6 Å². The zero-order valence-electron chi connectivity index (χ0n) is 20.3. The summed E-state index contributed by atoms with van der Waals surface area (Å²) < 4.78 is 67.0. The van der Waals surface area contributed by atoms with Gasteiger partial charge in [0.15, 0.2) is 0 Å². The Morgan fingerprint density at radius 1 is 0.892 bits per heavy atom. The summed E-state index contributed by atoms with van der Waals surface area (Å²) in [5.74, 6) is -0.958. The van der Waals surface area contributed by atoms with Gasteiger partial charge >= 0.3 is 0 Å². The molecule has 0 atom stereocenters. The van der Waals surface area contributed by atoms with Gasteiger partial charge in [-0.05, 0) is 67.4 Å². The number of benzene rings is 3. The molecule has 1 amide bonds. The molecule has 1 saturated heterocycles. The Bertz CT molecular complexity index is 1470. The number of nitrogens with one attached hydrogen (secondary N) is 1. The van der Waals surface area contributed by atoms with Gasteiger partial charge in [0.05, 0.1) is 23.4 Å². The first-order valence-corrected chi connectivity index (χ1v) is 15.1. The van der Waals surface area contributed by atoms with E-state index in [1.807, 2.05) is 0 Å². The highest BCUT2D eigenvalue weighted by Gasteiger charge is 2.26. The number of carbonyl (C=O) groups excluding carboxylic acids is 1. The highest BCUT2D eigenvalue weighted by molar-refractivity contribution is 7.92. The summed E-state index contributed by atoms with van der Waals surface area (Å²) in [6, 6.07) is 17.8. The predicted octanol–water partition coefficient (Wildman–Crippen LogP) is 4.22. The quantitative estimate of drug-likeness (QED) is 0.457. The molecule has 0 aromatic heterocycles. The van der Waals surface area contributed by atoms with Crippen molar-refractivity contribution in [3.05, 3.63) is 89.7 Å². The SMILES string of the molecule is CS(=O)(=O)N(Cc1ccccc1F)c1ccc(C(=O)Nc2ccc(S(=O)(=O)N3CCCCC3)cc2)cc1. The summed E-state index contributed by atoms with van der Waals surface area (Å²) in [6.07, 6.45) is 3.74. The van der Waals surface area contributed by atoms with Crippen LogP contribution in [0.5, 0.6) is 0 Å². The third-order valence-electron chi connectivity index (χ3n) is 6.15. The molecule has 37 heavy (non-hydrogen) atoms. The second-order valence-corrected chi connectivity index (χ2v) is 12.7. The van der Waals surface area contributed by atoms with Crippen LogP contribution in [0, 0.1) is 5.82 Å².